The summed E-state index contributed by atoms with van der Waals surface area (Å²) in [5.41, 5.74) is 2.11. The summed E-state index contributed by atoms with van der Waals surface area (Å²) in [4.78, 5) is 11.6. The van der Waals surface area contributed by atoms with Gasteiger partial charge in [-0.05, 0) is 43.0 Å². The Kier molecular flexibility index (Phi) is 4.35. The minimum Gasteiger partial charge on any atom is -0.507 e. The largest absolute Gasteiger partial charge is 0.507 e. The molecule has 0 aliphatic rings. The maximum atomic E-state index is 11.6. The number of phenolic OH excluding ortho intramolecular Hbond substituents is 1. The number of hydrogen-bond acceptors (Lipinski definition) is 3. The van der Waals surface area contributed by atoms with E-state index in [1.165, 1.54) is 0 Å². The van der Waals surface area contributed by atoms with Crippen LogP contribution in [0.3, 0.4) is 0 Å². The molecule has 0 aromatic heterocycles. The monoisotopic (exact) mass is 222 g/mol. The van der Waals surface area contributed by atoms with Crippen LogP contribution in [-0.2, 0) is 17.6 Å². The zero-order chi connectivity index (χ0) is 12.1. The number of carbonyl (C=O) groups is 1. The van der Waals surface area contributed by atoms with Crippen LogP contribution in [0.1, 0.15) is 42.3 Å². The summed E-state index contributed by atoms with van der Waals surface area (Å²) in [6.45, 7) is 6.04. The normalized spacial score (nSPS) is 10.2. The van der Waals surface area contributed by atoms with Gasteiger partial charge in [-0.1, -0.05) is 13.8 Å². The molecule has 1 N–H and O–H groups in total. The van der Waals surface area contributed by atoms with Gasteiger partial charge in [0.2, 0.25) is 0 Å². The maximum Gasteiger partial charge on any atom is 0.338 e. The number of aromatic hydroxyl groups is 1. The van der Waals surface area contributed by atoms with Crippen molar-refractivity contribution in [2.75, 3.05) is 6.61 Å². The topological polar surface area (TPSA) is 46.5 Å². The Bertz CT molecular complexity index is 358. The van der Waals surface area contributed by atoms with Crippen LogP contribution in [0.2, 0.25) is 0 Å². The molecule has 0 spiro atoms. The molecule has 0 aliphatic heterocycles. The lowest BCUT2D eigenvalue weighted by atomic mass is 10.0. The van der Waals surface area contributed by atoms with Gasteiger partial charge in [0.15, 0.2) is 0 Å². The summed E-state index contributed by atoms with van der Waals surface area (Å²) < 4.78 is 4.95. The molecule has 3 nitrogen and oxygen atoms in total. The van der Waals surface area contributed by atoms with Gasteiger partial charge >= 0.3 is 5.97 Å². The van der Waals surface area contributed by atoms with E-state index in [4.69, 9.17) is 4.74 Å². The molecule has 88 valence electrons. The average Bonchev–Trinajstić information content (AvgIpc) is 2.29. The van der Waals surface area contributed by atoms with E-state index in [1.54, 1.807) is 19.1 Å². The summed E-state index contributed by atoms with van der Waals surface area (Å²) in [7, 11) is 0. The van der Waals surface area contributed by atoms with Crippen molar-refractivity contribution in [1.82, 2.24) is 0 Å². The van der Waals surface area contributed by atoms with Gasteiger partial charge in [0.25, 0.3) is 0 Å². The second-order valence-corrected chi connectivity index (χ2v) is 3.57. The molecular weight excluding hydrogens is 204 g/mol. The first-order valence-corrected chi connectivity index (χ1v) is 5.65. The Hall–Kier alpha value is -1.51. The van der Waals surface area contributed by atoms with Gasteiger partial charge < -0.3 is 9.84 Å². The molecule has 0 bridgehead atoms. The summed E-state index contributed by atoms with van der Waals surface area (Å²) in [6.07, 6.45) is 1.40. The molecule has 3 heteroatoms. The van der Waals surface area contributed by atoms with Crippen LogP contribution in [0.5, 0.6) is 5.75 Å². The Morgan fingerprint density at radius 2 is 1.69 bits per heavy atom. The van der Waals surface area contributed by atoms with Crippen molar-refractivity contribution in [3.63, 3.8) is 0 Å². The molecule has 0 amide bonds. The summed E-state index contributed by atoms with van der Waals surface area (Å²) in [6, 6.07) is 3.40. The number of carbonyl (C=O) groups excluding carboxylic acids is 1. The van der Waals surface area contributed by atoms with Crippen molar-refractivity contribution in [3.05, 3.63) is 28.8 Å². The summed E-state index contributed by atoms with van der Waals surface area (Å²) in [5, 5.41) is 9.87. The van der Waals surface area contributed by atoms with Gasteiger partial charge in [-0.3, -0.25) is 0 Å². The van der Waals surface area contributed by atoms with Gasteiger partial charge in [0, 0.05) is 0 Å². The number of hydrogen-bond donors (Lipinski definition) is 1. The molecule has 0 saturated heterocycles. The van der Waals surface area contributed by atoms with Crippen molar-refractivity contribution < 1.29 is 14.6 Å². The van der Waals surface area contributed by atoms with Crippen LogP contribution >= 0.6 is 0 Å². The summed E-state index contributed by atoms with van der Waals surface area (Å²) >= 11 is 0. The Balaban J connectivity index is 3.16. The molecule has 0 heterocycles. The van der Waals surface area contributed by atoms with Crippen LogP contribution in [-0.4, -0.2) is 17.7 Å². The second-order valence-electron chi connectivity index (χ2n) is 3.57. The highest BCUT2D eigenvalue weighted by Gasteiger charge is 2.13. The highest BCUT2D eigenvalue weighted by molar-refractivity contribution is 5.90. The third-order valence-corrected chi connectivity index (χ3v) is 2.54. The number of esters is 1. The van der Waals surface area contributed by atoms with E-state index >= 15 is 0 Å². The minimum atomic E-state index is -0.327. The van der Waals surface area contributed by atoms with E-state index in [1.807, 2.05) is 13.8 Å². The average molecular weight is 222 g/mol. The quantitative estimate of drug-likeness (QED) is 0.797. The lowest BCUT2D eigenvalue weighted by Crippen LogP contribution is -2.06. The fourth-order valence-electron chi connectivity index (χ4n) is 1.63. The highest BCUT2D eigenvalue weighted by Crippen LogP contribution is 2.26. The van der Waals surface area contributed by atoms with Crippen LogP contribution < -0.4 is 0 Å². The molecule has 0 radical (unpaired) electrons. The molecule has 1 rings (SSSR count). The molecule has 0 aliphatic carbocycles. The van der Waals surface area contributed by atoms with E-state index in [0.29, 0.717) is 30.8 Å². The van der Waals surface area contributed by atoms with Gasteiger partial charge in [0.1, 0.15) is 5.75 Å². The Labute approximate surface area is 96.1 Å². The number of ether oxygens (including phenoxy) is 1. The van der Waals surface area contributed by atoms with Gasteiger partial charge in [0.05, 0.1) is 12.2 Å². The highest BCUT2D eigenvalue weighted by atomic mass is 16.5. The molecular formula is C13H18O3. The fourth-order valence-corrected chi connectivity index (χ4v) is 1.63. The van der Waals surface area contributed by atoms with Crippen molar-refractivity contribution >= 4 is 5.97 Å². The van der Waals surface area contributed by atoms with E-state index in [-0.39, 0.29) is 5.97 Å². The lowest BCUT2D eigenvalue weighted by Gasteiger charge is -2.10. The lowest BCUT2D eigenvalue weighted by molar-refractivity contribution is 0.0526. The number of rotatable bonds is 4. The Morgan fingerprint density at radius 1 is 1.19 bits per heavy atom. The smallest absolute Gasteiger partial charge is 0.338 e. The third-order valence-electron chi connectivity index (χ3n) is 2.54. The minimum absolute atomic E-state index is 0.304. The fraction of sp³-hybridized carbons (Fsp3) is 0.462. The predicted molar refractivity (Wildman–Crippen MR) is 62.8 cm³/mol. The number of aryl methyl sites for hydroxylation is 2. The molecule has 0 saturated carbocycles. The van der Waals surface area contributed by atoms with E-state index in [9.17, 15) is 9.90 Å². The first-order chi connectivity index (χ1) is 7.63. The second kappa shape index (κ2) is 5.54. The van der Waals surface area contributed by atoms with Gasteiger partial charge in [-0.15, -0.1) is 0 Å². The molecule has 0 fully saturated rings. The van der Waals surface area contributed by atoms with Crippen LogP contribution in [0.25, 0.3) is 0 Å². The zero-order valence-electron chi connectivity index (χ0n) is 10.0. The van der Waals surface area contributed by atoms with E-state index in [0.717, 1.165) is 11.1 Å². The van der Waals surface area contributed by atoms with Crippen LogP contribution in [0.15, 0.2) is 12.1 Å². The molecule has 0 atom stereocenters. The Morgan fingerprint density at radius 3 is 2.06 bits per heavy atom. The maximum absolute atomic E-state index is 11.6. The first kappa shape index (κ1) is 12.6. The summed E-state index contributed by atoms with van der Waals surface area (Å²) in [5.74, 6) is -0.0232. The van der Waals surface area contributed by atoms with Crippen molar-refractivity contribution in [2.24, 2.45) is 0 Å². The SMILES string of the molecule is CCOC(=O)c1cc(CC)c(O)c(CC)c1. The van der Waals surface area contributed by atoms with E-state index in [2.05, 4.69) is 0 Å². The van der Waals surface area contributed by atoms with Crippen molar-refractivity contribution in [2.45, 2.75) is 33.6 Å². The zero-order valence-corrected chi connectivity index (χ0v) is 10.0. The van der Waals surface area contributed by atoms with Crippen LogP contribution in [0, 0.1) is 0 Å². The van der Waals surface area contributed by atoms with Gasteiger partial charge in [-0.25, -0.2) is 4.79 Å². The van der Waals surface area contributed by atoms with Crippen LogP contribution in [0.4, 0.5) is 0 Å². The predicted octanol–water partition coefficient (Wildman–Crippen LogP) is 2.69. The van der Waals surface area contributed by atoms with Crippen molar-refractivity contribution in [1.29, 1.82) is 0 Å². The van der Waals surface area contributed by atoms with E-state index < -0.39 is 0 Å². The first-order valence-electron chi connectivity index (χ1n) is 5.65. The number of phenols is 1. The van der Waals surface area contributed by atoms with Gasteiger partial charge in [-0.2, -0.15) is 0 Å². The molecule has 16 heavy (non-hydrogen) atoms. The van der Waals surface area contributed by atoms with Crippen molar-refractivity contribution in [3.8, 4) is 5.75 Å². The standard InChI is InChI=1S/C13H18O3/c1-4-9-7-11(13(15)16-6-3)8-10(5-2)12(9)14/h7-8,14H,4-6H2,1-3H3. The molecule has 1 aromatic rings. The molecule has 1 aromatic carbocycles. The molecule has 0 unspecified atom stereocenters. The number of benzene rings is 1. The third kappa shape index (κ3) is 2.54.